The lowest BCUT2D eigenvalue weighted by Gasteiger charge is -2.22. The molecule has 2 rings (SSSR count). The van der Waals surface area contributed by atoms with Crippen molar-refractivity contribution in [2.24, 2.45) is 0 Å². The summed E-state index contributed by atoms with van der Waals surface area (Å²) in [5, 5.41) is 2.86. The summed E-state index contributed by atoms with van der Waals surface area (Å²) in [7, 11) is 1.76. The molecule has 1 aliphatic rings. The number of nitrogens with one attached hydrogen (secondary N) is 1. The summed E-state index contributed by atoms with van der Waals surface area (Å²) in [6.45, 7) is 0.842. The summed E-state index contributed by atoms with van der Waals surface area (Å²) in [5.41, 5.74) is 0.848. The van der Waals surface area contributed by atoms with Gasteiger partial charge in [0.2, 0.25) is 5.91 Å². The number of hydrogen-bond acceptors (Lipinski definition) is 2. The van der Waals surface area contributed by atoms with Crippen molar-refractivity contribution in [1.29, 1.82) is 0 Å². The number of carbonyl (C=O) groups is 1. The van der Waals surface area contributed by atoms with E-state index in [0.717, 1.165) is 18.4 Å². The molecular formula is C13H18ClFN2O. The van der Waals surface area contributed by atoms with E-state index in [1.165, 1.54) is 12.1 Å². The van der Waals surface area contributed by atoms with E-state index in [4.69, 9.17) is 0 Å². The van der Waals surface area contributed by atoms with E-state index < -0.39 is 0 Å². The topological polar surface area (TPSA) is 32.3 Å². The molecule has 1 saturated carbocycles. The maximum absolute atomic E-state index is 13.1. The predicted octanol–water partition coefficient (Wildman–Crippen LogP) is 1.96. The molecule has 0 saturated heterocycles. The van der Waals surface area contributed by atoms with Crippen molar-refractivity contribution < 1.29 is 9.18 Å². The van der Waals surface area contributed by atoms with Gasteiger partial charge in [0, 0.05) is 12.6 Å². The summed E-state index contributed by atoms with van der Waals surface area (Å²) in [5.74, 6) is -0.168. The smallest absolute Gasteiger partial charge is 0.237 e. The number of benzene rings is 1. The monoisotopic (exact) mass is 272 g/mol. The van der Waals surface area contributed by atoms with Crippen molar-refractivity contribution in [3.63, 3.8) is 0 Å². The first-order valence-corrected chi connectivity index (χ1v) is 5.89. The predicted molar refractivity (Wildman–Crippen MR) is 71.1 cm³/mol. The molecule has 5 heteroatoms. The molecule has 100 valence electrons. The highest BCUT2D eigenvalue weighted by atomic mass is 35.5. The number of halogens is 2. The number of carbonyl (C=O) groups excluding carboxylic acids is 1. The third-order valence-corrected chi connectivity index (χ3v) is 2.88. The molecule has 0 unspecified atom stereocenters. The second-order valence-corrected chi connectivity index (χ2v) is 4.41. The minimum atomic E-state index is -0.251. The Hall–Kier alpha value is -1.13. The molecule has 1 fully saturated rings. The van der Waals surface area contributed by atoms with Crippen molar-refractivity contribution in [1.82, 2.24) is 10.2 Å². The van der Waals surface area contributed by atoms with Crippen LogP contribution in [-0.4, -0.2) is 30.4 Å². The van der Waals surface area contributed by atoms with Gasteiger partial charge in [-0.15, -0.1) is 12.4 Å². The standard InChI is InChI=1S/C13H17FN2O.ClH/c1-15-8-13(17)16(12-5-6-12)9-10-3-2-4-11(14)7-10;/h2-4,7,12,15H,5-6,8-9H2,1H3;1H. The van der Waals surface area contributed by atoms with Crippen LogP contribution in [0.3, 0.4) is 0 Å². The van der Waals surface area contributed by atoms with Crippen molar-refractivity contribution in [3.8, 4) is 0 Å². The molecule has 0 radical (unpaired) electrons. The van der Waals surface area contributed by atoms with E-state index in [1.54, 1.807) is 13.1 Å². The lowest BCUT2D eigenvalue weighted by molar-refractivity contribution is -0.131. The van der Waals surface area contributed by atoms with Crippen LogP contribution >= 0.6 is 12.4 Å². The van der Waals surface area contributed by atoms with Crippen LogP contribution in [0.25, 0.3) is 0 Å². The SMILES string of the molecule is CNCC(=O)N(Cc1cccc(F)c1)C1CC1.Cl. The molecule has 0 atom stereocenters. The zero-order valence-corrected chi connectivity index (χ0v) is 11.2. The highest BCUT2D eigenvalue weighted by Crippen LogP contribution is 2.28. The fraction of sp³-hybridized carbons (Fsp3) is 0.462. The summed E-state index contributed by atoms with van der Waals surface area (Å²) >= 11 is 0. The molecule has 18 heavy (non-hydrogen) atoms. The Morgan fingerprint density at radius 3 is 2.78 bits per heavy atom. The van der Waals surface area contributed by atoms with Gasteiger partial charge in [0.25, 0.3) is 0 Å². The van der Waals surface area contributed by atoms with E-state index in [0.29, 0.717) is 19.1 Å². The van der Waals surface area contributed by atoms with Crippen LogP contribution < -0.4 is 5.32 Å². The summed E-state index contributed by atoms with van der Waals surface area (Å²) in [6.07, 6.45) is 2.12. The van der Waals surface area contributed by atoms with Crippen molar-refractivity contribution in [2.75, 3.05) is 13.6 Å². The molecule has 0 heterocycles. The third kappa shape index (κ3) is 3.96. The van der Waals surface area contributed by atoms with Gasteiger partial charge in [-0.25, -0.2) is 4.39 Å². The van der Waals surface area contributed by atoms with Crippen LogP contribution in [-0.2, 0) is 11.3 Å². The van der Waals surface area contributed by atoms with Crippen LogP contribution in [0.2, 0.25) is 0 Å². The molecule has 0 aliphatic heterocycles. The highest BCUT2D eigenvalue weighted by Gasteiger charge is 2.31. The minimum Gasteiger partial charge on any atom is -0.334 e. The molecule has 3 nitrogen and oxygen atoms in total. The molecule has 0 bridgehead atoms. The third-order valence-electron chi connectivity index (χ3n) is 2.88. The van der Waals surface area contributed by atoms with Crippen LogP contribution in [0.1, 0.15) is 18.4 Å². The van der Waals surface area contributed by atoms with Gasteiger partial charge in [-0.3, -0.25) is 4.79 Å². The molecular weight excluding hydrogens is 255 g/mol. The first-order chi connectivity index (χ1) is 8.20. The van der Waals surface area contributed by atoms with Crippen molar-refractivity contribution >= 4 is 18.3 Å². The van der Waals surface area contributed by atoms with Crippen LogP contribution in [0.5, 0.6) is 0 Å². The number of rotatable bonds is 5. The summed E-state index contributed by atoms with van der Waals surface area (Å²) < 4.78 is 13.1. The fourth-order valence-corrected chi connectivity index (χ4v) is 1.89. The highest BCUT2D eigenvalue weighted by molar-refractivity contribution is 5.85. The van der Waals surface area contributed by atoms with E-state index in [-0.39, 0.29) is 24.1 Å². The minimum absolute atomic E-state index is 0. The number of nitrogens with zero attached hydrogens (tertiary/aromatic N) is 1. The van der Waals surface area contributed by atoms with E-state index in [1.807, 2.05) is 11.0 Å². The maximum atomic E-state index is 13.1. The molecule has 1 aromatic rings. The Kier molecular flexibility index (Phi) is 5.56. The maximum Gasteiger partial charge on any atom is 0.237 e. The Labute approximate surface area is 113 Å². The zero-order valence-electron chi connectivity index (χ0n) is 10.4. The van der Waals surface area contributed by atoms with Gasteiger partial charge in [0.05, 0.1) is 6.54 Å². The summed E-state index contributed by atoms with van der Waals surface area (Å²) in [4.78, 5) is 13.7. The van der Waals surface area contributed by atoms with Gasteiger partial charge in [-0.1, -0.05) is 12.1 Å². The number of amides is 1. The van der Waals surface area contributed by atoms with E-state index in [9.17, 15) is 9.18 Å². The van der Waals surface area contributed by atoms with Gasteiger partial charge in [0.15, 0.2) is 0 Å². The lowest BCUT2D eigenvalue weighted by Crippen LogP contribution is -2.38. The Bertz CT molecular complexity index is 410. The van der Waals surface area contributed by atoms with Crippen molar-refractivity contribution in [2.45, 2.75) is 25.4 Å². The quantitative estimate of drug-likeness (QED) is 0.889. The first-order valence-electron chi connectivity index (χ1n) is 5.89. The number of likely N-dealkylation sites (N-methyl/N-ethyl adjacent to an activating group) is 1. The molecule has 1 aromatic carbocycles. The lowest BCUT2D eigenvalue weighted by atomic mass is 10.2. The average Bonchev–Trinajstić information content (AvgIpc) is 3.10. The molecule has 1 amide bonds. The van der Waals surface area contributed by atoms with Crippen LogP contribution in [0, 0.1) is 5.82 Å². The zero-order chi connectivity index (χ0) is 12.3. The average molecular weight is 273 g/mol. The van der Waals surface area contributed by atoms with Gasteiger partial charge >= 0.3 is 0 Å². The second-order valence-electron chi connectivity index (χ2n) is 4.41. The van der Waals surface area contributed by atoms with E-state index in [2.05, 4.69) is 5.32 Å². The second kappa shape index (κ2) is 6.71. The fourth-order valence-electron chi connectivity index (χ4n) is 1.89. The normalized spacial score (nSPS) is 13.9. The summed E-state index contributed by atoms with van der Waals surface area (Å²) in [6, 6.07) is 6.78. The van der Waals surface area contributed by atoms with Gasteiger partial charge in [-0.05, 0) is 37.6 Å². The van der Waals surface area contributed by atoms with Crippen molar-refractivity contribution in [3.05, 3.63) is 35.6 Å². The molecule has 0 aromatic heterocycles. The van der Waals surface area contributed by atoms with Gasteiger partial charge in [0.1, 0.15) is 5.82 Å². The van der Waals surface area contributed by atoms with Gasteiger partial charge < -0.3 is 10.2 Å². The first kappa shape index (κ1) is 14.9. The molecule has 0 spiro atoms. The molecule has 1 N–H and O–H groups in total. The largest absolute Gasteiger partial charge is 0.334 e. The Morgan fingerprint density at radius 2 is 2.22 bits per heavy atom. The van der Waals surface area contributed by atoms with Crippen LogP contribution in [0.15, 0.2) is 24.3 Å². The van der Waals surface area contributed by atoms with Gasteiger partial charge in [-0.2, -0.15) is 0 Å². The Balaban J connectivity index is 0.00000162. The molecule has 1 aliphatic carbocycles. The number of hydrogen-bond donors (Lipinski definition) is 1. The van der Waals surface area contributed by atoms with Crippen LogP contribution in [0.4, 0.5) is 4.39 Å². The Morgan fingerprint density at radius 1 is 1.50 bits per heavy atom. The van der Waals surface area contributed by atoms with E-state index >= 15 is 0 Å².